The highest BCUT2D eigenvalue weighted by atomic mass is 32.2. The van der Waals surface area contributed by atoms with Gasteiger partial charge in [-0.1, -0.05) is 13.8 Å². The van der Waals surface area contributed by atoms with E-state index in [-0.39, 0.29) is 24.4 Å². The molecule has 4 nitrogen and oxygen atoms in total. The van der Waals surface area contributed by atoms with Crippen molar-refractivity contribution in [3.8, 4) is 0 Å². The first kappa shape index (κ1) is 12.4. The van der Waals surface area contributed by atoms with E-state index in [1.165, 1.54) is 0 Å². The SMILES string of the molecule is CCSCCN1CC(=O)NC(CC)C1=O. The Morgan fingerprint density at radius 1 is 1.47 bits per heavy atom. The maximum absolute atomic E-state index is 11.8. The van der Waals surface area contributed by atoms with Gasteiger partial charge in [-0.3, -0.25) is 9.59 Å². The number of amides is 2. The van der Waals surface area contributed by atoms with Crippen molar-refractivity contribution in [3.63, 3.8) is 0 Å². The molecule has 1 fully saturated rings. The molecule has 0 spiro atoms. The number of piperazine rings is 1. The first-order chi connectivity index (χ1) is 7.19. The first-order valence-electron chi connectivity index (χ1n) is 5.35. The number of hydrogen-bond acceptors (Lipinski definition) is 3. The number of carbonyl (C=O) groups is 2. The minimum absolute atomic E-state index is 0.0389. The fraction of sp³-hybridized carbons (Fsp3) is 0.800. The Kier molecular flexibility index (Phi) is 4.94. The molecule has 0 aromatic carbocycles. The summed E-state index contributed by atoms with van der Waals surface area (Å²) in [5, 5.41) is 2.70. The second-order valence-electron chi connectivity index (χ2n) is 3.49. The van der Waals surface area contributed by atoms with Crippen molar-refractivity contribution in [2.75, 3.05) is 24.6 Å². The van der Waals surface area contributed by atoms with E-state index in [0.717, 1.165) is 11.5 Å². The van der Waals surface area contributed by atoms with Crippen LogP contribution in [0.2, 0.25) is 0 Å². The molecule has 1 saturated heterocycles. The fourth-order valence-electron chi connectivity index (χ4n) is 1.56. The van der Waals surface area contributed by atoms with Crippen LogP contribution in [-0.4, -0.2) is 47.4 Å². The largest absolute Gasteiger partial charge is 0.343 e. The third-order valence-electron chi connectivity index (χ3n) is 2.40. The van der Waals surface area contributed by atoms with Crippen molar-refractivity contribution in [2.45, 2.75) is 26.3 Å². The molecule has 0 aromatic heterocycles. The Labute approximate surface area is 94.8 Å². The molecule has 15 heavy (non-hydrogen) atoms. The number of nitrogens with one attached hydrogen (secondary N) is 1. The number of carbonyl (C=O) groups excluding carboxylic acids is 2. The standard InChI is InChI=1S/C10H18N2O2S/c1-3-8-10(14)12(5-6-15-4-2)7-9(13)11-8/h8H,3-7H2,1-2H3,(H,11,13). The van der Waals surface area contributed by atoms with Gasteiger partial charge in [-0.05, 0) is 12.2 Å². The molecule has 1 heterocycles. The first-order valence-corrected chi connectivity index (χ1v) is 6.50. The maximum atomic E-state index is 11.8. The smallest absolute Gasteiger partial charge is 0.245 e. The number of rotatable bonds is 5. The Morgan fingerprint density at radius 2 is 2.20 bits per heavy atom. The summed E-state index contributed by atoms with van der Waals surface area (Å²) in [7, 11) is 0. The highest BCUT2D eigenvalue weighted by Crippen LogP contribution is 2.07. The van der Waals surface area contributed by atoms with Crippen molar-refractivity contribution < 1.29 is 9.59 Å². The molecule has 1 rings (SSSR count). The summed E-state index contributed by atoms with van der Waals surface area (Å²) in [5.41, 5.74) is 0. The highest BCUT2D eigenvalue weighted by molar-refractivity contribution is 7.99. The molecule has 1 aliphatic heterocycles. The van der Waals surface area contributed by atoms with Crippen LogP contribution >= 0.6 is 11.8 Å². The summed E-state index contributed by atoms with van der Waals surface area (Å²) in [6.45, 7) is 4.90. The lowest BCUT2D eigenvalue weighted by molar-refractivity contribution is -0.144. The van der Waals surface area contributed by atoms with E-state index in [2.05, 4.69) is 12.2 Å². The van der Waals surface area contributed by atoms with Crippen LogP contribution < -0.4 is 5.32 Å². The lowest BCUT2D eigenvalue weighted by atomic mass is 10.1. The zero-order valence-electron chi connectivity index (χ0n) is 9.28. The summed E-state index contributed by atoms with van der Waals surface area (Å²) in [5.74, 6) is 1.98. The van der Waals surface area contributed by atoms with Crippen LogP contribution in [0.4, 0.5) is 0 Å². The molecule has 5 heteroatoms. The van der Waals surface area contributed by atoms with Gasteiger partial charge in [0.15, 0.2) is 0 Å². The predicted molar refractivity (Wildman–Crippen MR) is 61.8 cm³/mol. The van der Waals surface area contributed by atoms with Crippen molar-refractivity contribution in [1.29, 1.82) is 0 Å². The quantitative estimate of drug-likeness (QED) is 0.699. The average molecular weight is 230 g/mol. The van der Waals surface area contributed by atoms with Crippen LogP contribution in [0.1, 0.15) is 20.3 Å². The van der Waals surface area contributed by atoms with Crippen molar-refractivity contribution in [1.82, 2.24) is 10.2 Å². The minimum atomic E-state index is -0.308. The van der Waals surface area contributed by atoms with Gasteiger partial charge in [-0.2, -0.15) is 11.8 Å². The minimum Gasteiger partial charge on any atom is -0.343 e. The number of thioether (sulfide) groups is 1. The van der Waals surface area contributed by atoms with E-state index in [9.17, 15) is 9.59 Å². The van der Waals surface area contributed by atoms with E-state index < -0.39 is 0 Å². The van der Waals surface area contributed by atoms with Crippen molar-refractivity contribution in [3.05, 3.63) is 0 Å². The van der Waals surface area contributed by atoms with Gasteiger partial charge in [0.05, 0.1) is 6.54 Å². The normalized spacial score (nSPS) is 21.7. The van der Waals surface area contributed by atoms with E-state index >= 15 is 0 Å². The summed E-state index contributed by atoms with van der Waals surface area (Å²) >= 11 is 1.79. The Bertz CT molecular complexity index is 246. The van der Waals surface area contributed by atoms with Gasteiger partial charge in [0.1, 0.15) is 6.04 Å². The second kappa shape index (κ2) is 6.00. The topological polar surface area (TPSA) is 49.4 Å². The second-order valence-corrected chi connectivity index (χ2v) is 4.88. The molecule has 1 aliphatic rings. The molecule has 0 saturated carbocycles. The Balaban J connectivity index is 2.47. The van der Waals surface area contributed by atoms with Crippen LogP contribution in [0.15, 0.2) is 0 Å². The van der Waals surface area contributed by atoms with Crippen LogP contribution in [0.25, 0.3) is 0 Å². The molecular weight excluding hydrogens is 212 g/mol. The van der Waals surface area contributed by atoms with Crippen LogP contribution in [0, 0.1) is 0 Å². The zero-order valence-corrected chi connectivity index (χ0v) is 10.1. The summed E-state index contributed by atoms with van der Waals surface area (Å²) in [4.78, 5) is 24.8. The fourth-order valence-corrected chi connectivity index (χ4v) is 2.20. The number of nitrogens with zero attached hydrogens (tertiary/aromatic N) is 1. The van der Waals surface area contributed by atoms with Gasteiger partial charge in [-0.25, -0.2) is 0 Å². The van der Waals surface area contributed by atoms with E-state index in [1.54, 1.807) is 16.7 Å². The Hall–Kier alpha value is -0.710. The molecular formula is C10H18N2O2S. The molecule has 0 aromatic rings. The maximum Gasteiger partial charge on any atom is 0.245 e. The monoisotopic (exact) mass is 230 g/mol. The van der Waals surface area contributed by atoms with Crippen LogP contribution in [0.5, 0.6) is 0 Å². The van der Waals surface area contributed by atoms with Gasteiger partial charge >= 0.3 is 0 Å². The zero-order chi connectivity index (χ0) is 11.3. The summed E-state index contributed by atoms with van der Waals surface area (Å²) in [6.07, 6.45) is 0.669. The van der Waals surface area contributed by atoms with Gasteiger partial charge in [0.2, 0.25) is 11.8 Å². The van der Waals surface area contributed by atoms with E-state index in [1.807, 2.05) is 6.92 Å². The third kappa shape index (κ3) is 3.41. The molecule has 86 valence electrons. The molecule has 2 amide bonds. The van der Waals surface area contributed by atoms with Crippen molar-refractivity contribution in [2.24, 2.45) is 0 Å². The van der Waals surface area contributed by atoms with Crippen molar-refractivity contribution >= 4 is 23.6 Å². The van der Waals surface area contributed by atoms with Gasteiger partial charge in [0, 0.05) is 12.3 Å². The molecule has 0 radical (unpaired) electrons. The lowest BCUT2D eigenvalue weighted by Gasteiger charge is -2.31. The van der Waals surface area contributed by atoms with Gasteiger partial charge in [-0.15, -0.1) is 0 Å². The average Bonchev–Trinajstić information content (AvgIpc) is 2.23. The molecule has 0 aliphatic carbocycles. The van der Waals surface area contributed by atoms with Crippen LogP contribution in [-0.2, 0) is 9.59 Å². The predicted octanol–water partition coefficient (Wildman–Crippen LogP) is 0.476. The molecule has 1 unspecified atom stereocenters. The molecule has 0 bridgehead atoms. The van der Waals surface area contributed by atoms with Crippen LogP contribution in [0.3, 0.4) is 0 Å². The Morgan fingerprint density at radius 3 is 2.80 bits per heavy atom. The molecule has 1 atom stereocenters. The third-order valence-corrected chi connectivity index (χ3v) is 3.28. The summed E-state index contributed by atoms with van der Waals surface area (Å²) < 4.78 is 0. The lowest BCUT2D eigenvalue weighted by Crippen LogP contribution is -2.58. The highest BCUT2D eigenvalue weighted by Gasteiger charge is 2.30. The van der Waals surface area contributed by atoms with E-state index in [4.69, 9.17) is 0 Å². The van der Waals surface area contributed by atoms with E-state index in [0.29, 0.717) is 13.0 Å². The van der Waals surface area contributed by atoms with Gasteiger partial charge in [0.25, 0.3) is 0 Å². The number of hydrogen-bond donors (Lipinski definition) is 1. The van der Waals surface area contributed by atoms with Gasteiger partial charge < -0.3 is 10.2 Å². The molecule has 1 N–H and O–H groups in total. The summed E-state index contributed by atoms with van der Waals surface area (Å²) in [6, 6.07) is -0.308.